The number of hydrogen-bond acceptors (Lipinski definition) is 3. The molecule has 0 saturated heterocycles. The summed E-state index contributed by atoms with van der Waals surface area (Å²) in [6.45, 7) is 2.26. The van der Waals surface area contributed by atoms with Gasteiger partial charge in [0.25, 0.3) is 0 Å². The predicted molar refractivity (Wildman–Crippen MR) is 81.3 cm³/mol. The summed E-state index contributed by atoms with van der Waals surface area (Å²) in [5, 5.41) is 4.76. The lowest BCUT2D eigenvalue weighted by Crippen LogP contribution is -2.22. The number of aryl methyl sites for hydroxylation is 1. The molecule has 0 amide bonds. The van der Waals surface area contributed by atoms with Crippen molar-refractivity contribution in [1.29, 1.82) is 0 Å². The van der Waals surface area contributed by atoms with Gasteiger partial charge in [-0.3, -0.25) is 9.67 Å². The SMILES string of the molecule is CCC1(c2nn(C)c(N)c2-c2ccccn2)CCCC1. The minimum Gasteiger partial charge on any atom is -0.383 e. The summed E-state index contributed by atoms with van der Waals surface area (Å²) >= 11 is 0. The Kier molecular flexibility index (Phi) is 3.24. The Labute approximate surface area is 120 Å². The van der Waals surface area contributed by atoms with Crippen LogP contribution in [0.5, 0.6) is 0 Å². The molecule has 1 aliphatic rings. The van der Waals surface area contributed by atoms with E-state index in [1.807, 2.05) is 31.4 Å². The fourth-order valence-corrected chi connectivity index (χ4v) is 3.48. The Morgan fingerprint density at radius 1 is 1.30 bits per heavy atom. The van der Waals surface area contributed by atoms with Crippen LogP contribution in [0.15, 0.2) is 24.4 Å². The van der Waals surface area contributed by atoms with Crippen LogP contribution in [-0.2, 0) is 12.5 Å². The second kappa shape index (κ2) is 4.93. The van der Waals surface area contributed by atoms with Crippen molar-refractivity contribution in [1.82, 2.24) is 14.8 Å². The van der Waals surface area contributed by atoms with Crippen molar-refractivity contribution in [3.05, 3.63) is 30.1 Å². The van der Waals surface area contributed by atoms with Crippen molar-refractivity contribution in [3.8, 4) is 11.3 Å². The van der Waals surface area contributed by atoms with Gasteiger partial charge in [0, 0.05) is 18.7 Å². The van der Waals surface area contributed by atoms with Gasteiger partial charge in [-0.2, -0.15) is 5.10 Å². The van der Waals surface area contributed by atoms with E-state index < -0.39 is 0 Å². The Morgan fingerprint density at radius 2 is 2.05 bits per heavy atom. The van der Waals surface area contributed by atoms with Crippen LogP contribution in [0, 0.1) is 0 Å². The molecule has 0 aliphatic heterocycles. The Bertz CT molecular complexity index is 594. The molecule has 0 unspecified atom stereocenters. The number of nitrogen functional groups attached to an aromatic ring is 1. The molecule has 4 nitrogen and oxygen atoms in total. The summed E-state index contributed by atoms with van der Waals surface area (Å²) in [6.07, 6.45) is 7.92. The zero-order valence-electron chi connectivity index (χ0n) is 12.3. The van der Waals surface area contributed by atoms with Crippen molar-refractivity contribution in [2.24, 2.45) is 7.05 Å². The molecular formula is C16H22N4. The normalized spacial score (nSPS) is 17.5. The monoisotopic (exact) mass is 270 g/mol. The predicted octanol–water partition coefficient (Wildman–Crippen LogP) is 3.29. The maximum Gasteiger partial charge on any atom is 0.131 e. The molecule has 1 aliphatic carbocycles. The molecule has 0 atom stereocenters. The largest absolute Gasteiger partial charge is 0.383 e. The standard InChI is InChI=1S/C16H22N4/c1-3-16(9-5-6-10-16)14-13(15(17)20(2)19-14)12-8-4-7-11-18-12/h4,7-8,11H,3,5-6,9-10,17H2,1-2H3. The number of hydrogen-bond donors (Lipinski definition) is 1. The second-order valence-corrected chi connectivity index (χ2v) is 5.79. The first-order chi connectivity index (χ1) is 9.68. The lowest BCUT2D eigenvalue weighted by atomic mass is 9.78. The number of nitrogens with zero attached hydrogens (tertiary/aromatic N) is 3. The summed E-state index contributed by atoms with van der Waals surface area (Å²) in [6, 6.07) is 5.96. The van der Waals surface area contributed by atoms with Crippen LogP contribution in [0.3, 0.4) is 0 Å². The zero-order chi connectivity index (χ0) is 14.2. The average Bonchev–Trinajstić information content (AvgIpc) is 3.07. The second-order valence-electron chi connectivity index (χ2n) is 5.79. The first kappa shape index (κ1) is 13.2. The van der Waals surface area contributed by atoms with Gasteiger partial charge in [-0.05, 0) is 31.4 Å². The van der Waals surface area contributed by atoms with Crippen LogP contribution >= 0.6 is 0 Å². The number of rotatable bonds is 3. The van der Waals surface area contributed by atoms with Gasteiger partial charge in [-0.25, -0.2) is 0 Å². The maximum atomic E-state index is 6.28. The zero-order valence-corrected chi connectivity index (χ0v) is 12.3. The molecule has 0 spiro atoms. The van der Waals surface area contributed by atoms with E-state index in [0.717, 1.165) is 29.2 Å². The summed E-state index contributed by atoms with van der Waals surface area (Å²) in [7, 11) is 1.92. The van der Waals surface area contributed by atoms with E-state index in [1.54, 1.807) is 4.68 Å². The van der Waals surface area contributed by atoms with Gasteiger partial charge < -0.3 is 5.73 Å². The van der Waals surface area contributed by atoms with Crippen molar-refractivity contribution in [2.75, 3.05) is 5.73 Å². The fourth-order valence-electron chi connectivity index (χ4n) is 3.48. The molecule has 20 heavy (non-hydrogen) atoms. The lowest BCUT2D eigenvalue weighted by molar-refractivity contribution is 0.408. The Hall–Kier alpha value is -1.84. The quantitative estimate of drug-likeness (QED) is 0.931. The number of nitrogens with two attached hydrogens (primary N) is 1. The minimum atomic E-state index is 0.183. The average molecular weight is 270 g/mol. The van der Waals surface area contributed by atoms with Crippen LogP contribution in [0.1, 0.15) is 44.7 Å². The molecule has 2 heterocycles. The molecule has 1 saturated carbocycles. The molecule has 2 aromatic heterocycles. The van der Waals surface area contributed by atoms with Crippen LogP contribution in [0.4, 0.5) is 5.82 Å². The van der Waals surface area contributed by atoms with Crippen molar-refractivity contribution in [2.45, 2.75) is 44.4 Å². The lowest BCUT2D eigenvalue weighted by Gasteiger charge is -2.26. The van der Waals surface area contributed by atoms with Gasteiger partial charge in [0.1, 0.15) is 5.82 Å². The van der Waals surface area contributed by atoms with Crippen LogP contribution in [-0.4, -0.2) is 14.8 Å². The third-order valence-corrected chi connectivity index (χ3v) is 4.75. The number of aromatic nitrogens is 3. The highest BCUT2D eigenvalue weighted by Crippen LogP contribution is 2.47. The third kappa shape index (κ3) is 1.90. The summed E-state index contributed by atoms with van der Waals surface area (Å²) in [5.74, 6) is 0.721. The van der Waals surface area contributed by atoms with Crippen molar-refractivity contribution >= 4 is 5.82 Å². The minimum absolute atomic E-state index is 0.183. The highest BCUT2D eigenvalue weighted by Gasteiger charge is 2.39. The Morgan fingerprint density at radius 3 is 2.65 bits per heavy atom. The van der Waals surface area contributed by atoms with E-state index >= 15 is 0 Å². The smallest absolute Gasteiger partial charge is 0.131 e. The highest BCUT2D eigenvalue weighted by atomic mass is 15.3. The van der Waals surface area contributed by atoms with Gasteiger partial charge >= 0.3 is 0 Å². The van der Waals surface area contributed by atoms with E-state index in [4.69, 9.17) is 10.8 Å². The van der Waals surface area contributed by atoms with E-state index in [2.05, 4.69) is 11.9 Å². The van der Waals surface area contributed by atoms with Crippen molar-refractivity contribution < 1.29 is 0 Å². The number of pyridine rings is 1. The summed E-state index contributed by atoms with van der Waals surface area (Å²) in [5.41, 5.74) is 9.59. The molecule has 0 aromatic carbocycles. The topological polar surface area (TPSA) is 56.7 Å². The molecule has 1 fully saturated rings. The van der Waals surface area contributed by atoms with Gasteiger partial charge in [0.2, 0.25) is 0 Å². The van der Waals surface area contributed by atoms with Crippen LogP contribution in [0.25, 0.3) is 11.3 Å². The summed E-state index contributed by atoms with van der Waals surface area (Å²) in [4.78, 5) is 4.49. The Balaban J connectivity index is 2.19. The molecule has 0 radical (unpaired) electrons. The number of anilines is 1. The van der Waals surface area contributed by atoms with Gasteiger partial charge in [0.05, 0.1) is 17.0 Å². The summed E-state index contributed by atoms with van der Waals surface area (Å²) < 4.78 is 1.80. The maximum absolute atomic E-state index is 6.28. The van der Waals surface area contributed by atoms with Crippen LogP contribution in [0.2, 0.25) is 0 Å². The molecule has 2 aromatic rings. The third-order valence-electron chi connectivity index (χ3n) is 4.75. The highest BCUT2D eigenvalue weighted by molar-refractivity contribution is 5.75. The molecule has 0 bridgehead atoms. The first-order valence-electron chi connectivity index (χ1n) is 7.42. The fraction of sp³-hybridized carbons (Fsp3) is 0.500. The van der Waals surface area contributed by atoms with Crippen LogP contribution < -0.4 is 5.73 Å². The van der Waals surface area contributed by atoms with Gasteiger partial charge in [-0.1, -0.05) is 25.8 Å². The van der Waals surface area contributed by atoms with Crippen molar-refractivity contribution in [3.63, 3.8) is 0 Å². The van der Waals surface area contributed by atoms with E-state index in [9.17, 15) is 0 Å². The van der Waals surface area contributed by atoms with Gasteiger partial charge in [-0.15, -0.1) is 0 Å². The molecular weight excluding hydrogens is 248 g/mol. The molecule has 3 rings (SSSR count). The molecule has 4 heteroatoms. The molecule has 2 N–H and O–H groups in total. The van der Waals surface area contributed by atoms with Gasteiger partial charge in [0.15, 0.2) is 0 Å². The van der Waals surface area contributed by atoms with E-state index in [1.165, 1.54) is 25.7 Å². The first-order valence-corrected chi connectivity index (χ1v) is 7.42. The van der Waals surface area contributed by atoms with E-state index in [-0.39, 0.29) is 5.41 Å². The molecule has 106 valence electrons. The van der Waals surface area contributed by atoms with E-state index in [0.29, 0.717) is 0 Å².